The first-order valence-electron chi connectivity index (χ1n) is 6.44. The molecule has 0 spiro atoms. The minimum absolute atomic E-state index is 0.136. The molecule has 0 aliphatic heterocycles. The summed E-state index contributed by atoms with van der Waals surface area (Å²) in [4.78, 5) is 4.58. The highest BCUT2D eigenvalue weighted by molar-refractivity contribution is 5.83. The summed E-state index contributed by atoms with van der Waals surface area (Å²) in [5.74, 6) is 0.985. The molecule has 6 heteroatoms. The van der Waals surface area contributed by atoms with Crippen LogP contribution in [0.25, 0.3) is 22.4 Å². The fourth-order valence-corrected chi connectivity index (χ4v) is 2.40. The highest BCUT2D eigenvalue weighted by atomic mass is 19.1. The predicted octanol–water partition coefficient (Wildman–Crippen LogP) is 2.74. The van der Waals surface area contributed by atoms with Crippen LogP contribution in [0.5, 0.6) is 0 Å². The van der Waals surface area contributed by atoms with Crippen molar-refractivity contribution in [2.24, 2.45) is 7.05 Å². The average Bonchev–Trinajstić information content (AvgIpc) is 2.91. The number of imidazole rings is 1. The SMILES string of the molecule is CC(C)n1c(-c2cnn(C)c2N)nc2ccc(F)cc21. The van der Waals surface area contributed by atoms with Gasteiger partial charge in [0.05, 0.1) is 22.8 Å². The Hall–Kier alpha value is -2.37. The van der Waals surface area contributed by atoms with E-state index in [1.807, 2.05) is 18.4 Å². The quantitative estimate of drug-likeness (QED) is 0.781. The second kappa shape index (κ2) is 4.33. The zero-order valence-corrected chi connectivity index (χ0v) is 11.6. The van der Waals surface area contributed by atoms with Crippen LogP contribution < -0.4 is 5.73 Å². The minimum Gasteiger partial charge on any atom is -0.383 e. The van der Waals surface area contributed by atoms with E-state index in [9.17, 15) is 4.39 Å². The third kappa shape index (κ3) is 1.76. The van der Waals surface area contributed by atoms with Crippen LogP contribution in [0.15, 0.2) is 24.4 Å². The van der Waals surface area contributed by atoms with Crippen LogP contribution in [0.3, 0.4) is 0 Å². The fraction of sp³-hybridized carbons (Fsp3) is 0.286. The molecule has 104 valence electrons. The van der Waals surface area contributed by atoms with Gasteiger partial charge in [-0.15, -0.1) is 0 Å². The molecule has 1 aromatic carbocycles. The van der Waals surface area contributed by atoms with Gasteiger partial charge < -0.3 is 10.3 Å². The molecule has 2 heterocycles. The maximum atomic E-state index is 13.5. The van der Waals surface area contributed by atoms with Crippen molar-refractivity contribution < 1.29 is 4.39 Å². The lowest BCUT2D eigenvalue weighted by molar-refractivity contribution is 0.613. The molecule has 0 aliphatic rings. The van der Waals surface area contributed by atoms with Crippen LogP contribution >= 0.6 is 0 Å². The Kier molecular flexibility index (Phi) is 2.74. The Morgan fingerprint density at radius 2 is 2.05 bits per heavy atom. The average molecular weight is 273 g/mol. The third-order valence-electron chi connectivity index (χ3n) is 3.39. The van der Waals surface area contributed by atoms with E-state index >= 15 is 0 Å². The second-order valence-electron chi connectivity index (χ2n) is 5.10. The van der Waals surface area contributed by atoms with Crippen LogP contribution in [0, 0.1) is 5.82 Å². The number of aromatic nitrogens is 4. The van der Waals surface area contributed by atoms with Gasteiger partial charge in [-0.25, -0.2) is 9.37 Å². The highest BCUT2D eigenvalue weighted by Gasteiger charge is 2.19. The highest BCUT2D eigenvalue weighted by Crippen LogP contribution is 2.31. The Bertz CT molecular complexity index is 784. The lowest BCUT2D eigenvalue weighted by Crippen LogP contribution is -2.05. The third-order valence-corrected chi connectivity index (χ3v) is 3.39. The van der Waals surface area contributed by atoms with Gasteiger partial charge in [0.15, 0.2) is 0 Å². The zero-order valence-electron chi connectivity index (χ0n) is 11.6. The van der Waals surface area contributed by atoms with Gasteiger partial charge in [-0.2, -0.15) is 5.10 Å². The second-order valence-corrected chi connectivity index (χ2v) is 5.10. The molecule has 0 fully saturated rings. The molecule has 5 nitrogen and oxygen atoms in total. The van der Waals surface area contributed by atoms with Crippen molar-refractivity contribution in [2.45, 2.75) is 19.9 Å². The van der Waals surface area contributed by atoms with E-state index in [4.69, 9.17) is 5.73 Å². The summed E-state index contributed by atoms with van der Waals surface area (Å²) in [5, 5.41) is 4.14. The van der Waals surface area contributed by atoms with Crippen LogP contribution in [0.2, 0.25) is 0 Å². The molecule has 0 saturated heterocycles. The van der Waals surface area contributed by atoms with E-state index in [0.717, 1.165) is 16.6 Å². The molecule has 0 unspecified atom stereocenters. The molecule has 0 aliphatic carbocycles. The lowest BCUT2D eigenvalue weighted by atomic mass is 10.2. The molecular weight excluding hydrogens is 257 g/mol. The van der Waals surface area contributed by atoms with Crippen molar-refractivity contribution in [1.82, 2.24) is 19.3 Å². The number of rotatable bonds is 2. The molecule has 0 bridgehead atoms. The van der Waals surface area contributed by atoms with Crippen LogP contribution in [-0.2, 0) is 7.05 Å². The van der Waals surface area contributed by atoms with E-state index < -0.39 is 0 Å². The number of hydrogen-bond acceptors (Lipinski definition) is 3. The minimum atomic E-state index is -0.273. The number of benzene rings is 1. The molecular formula is C14H16FN5. The van der Waals surface area contributed by atoms with Crippen molar-refractivity contribution in [2.75, 3.05) is 5.73 Å². The van der Waals surface area contributed by atoms with E-state index in [1.165, 1.54) is 12.1 Å². The lowest BCUT2D eigenvalue weighted by Gasteiger charge is -2.12. The van der Waals surface area contributed by atoms with E-state index in [2.05, 4.69) is 10.1 Å². The van der Waals surface area contributed by atoms with Crippen molar-refractivity contribution in [3.63, 3.8) is 0 Å². The Labute approximate surface area is 115 Å². The van der Waals surface area contributed by atoms with Gasteiger partial charge in [0.25, 0.3) is 0 Å². The van der Waals surface area contributed by atoms with Crippen molar-refractivity contribution in [1.29, 1.82) is 0 Å². The van der Waals surface area contributed by atoms with E-state index in [0.29, 0.717) is 11.6 Å². The Balaban J connectivity index is 2.35. The number of nitrogens with two attached hydrogens (primary N) is 1. The van der Waals surface area contributed by atoms with Crippen LogP contribution in [-0.4, -0.2) is 19.3 Å². The summed E-state index contributed by atoms with van der Waals surface area (Å²) < 4.78 is 17.1. The molecule has 20 heavy (non-hydrogen) atoms. The predicted molar refractivity (Wildman–Crippen MR) is 76.7 cm³/mol. The summed E-state index contributed by atoms with van der Waals surface area (Å²) in [6.07, 6.45) is 1.69. The number of fused-ring (bicyclic) bond motifs is 1. The fourth-order valence-electron chi connectivity index (χ4n) is 2.40. The van der Waals surface area contributed by atoms with Crippen molar-refractivity contribution >= 4 is 16.9 Å². The molecule has 0 saturated carbocycles. The number of anilines is 1. The summed E-state index contributed by atoms with van der Waals surface area (Å²) in [6, 6.07) is 4.73. The zero-order chi connectivity index (χ0) is 14.4. The molecule has 3 aromatic rings. The Morgan fingerprint density at radius 1 is 1.30 bits per heavy atom. The van der Waals surface area contributed by atoms with Crippen LogP contribution in [0.4, 0.5) is 10.2 Å². The first-order chi connectivity index (χ1) is 9.49. The molecule has 2 N–H and O–H groups in total. The van der Waals surface area contributed by atoms with Gasteiger partial charge in [0.1, 0.15) is 17.5 Å². The smallest absolute Gasteiger partial charge is 0.146 e. The number of nitrogens with zero attached hydrogens (tertiary/aromatic N) is 4. The standard InChI is InChI=1S/C14H16FN5/c1-8(2)20-12-6-9(15)4-5-11(12)18-14(20)10-7-17-19(3)13(10)16/h4-8H,16H2,1-3H3. The summed E-state index contributed by atoms with van der Waals surface area (Å²) in [7, 11) is 1.78. The molecule has 3 rings (SSSR count). The van der Waals surface area contributed by atoms with Crippen LogP contribution in [0.1, 0.15) is 19.9 Å². The van der Waals surface area contributed by atoms with E-state index in [1.54, 1.807) is 24.0 Å². The van der Waals surface area contributed by atoms with Gasteiger partial charge >= 0.3 is 0 Å². The first kappa shape index (κ1) is 12.7. The largest absolute Gasteiger partial charge is 0.383 e. The van der Waals surface area contributed by atoms with Crippen molar-refractivity contribution in [3.8, 4) is 11.4 Å². The Morgan fingerprint density at radius 3 is 2.65 bits per heavy atom. The van der Waals surface area contributed by atoms with E-state index in [-0.39, 0.29) is 11.9 Å². The first-order valence-corrected chi connectivity index (χ1v) is 6.44. The number of nitrogen functional groups attached to an aromatic ring is 1. The molecule has 2 aromatic heterocycles. The summed E-state index contributed by atoms with van der Waals surface area (Å²) in [6.45, 7) is 4.06. The van der Waals surface area contributed by atoms with Gasteiger partial charge in [-0.1, -0.05) is 0 Å². The summed E-state index contributed by atoms with van der Waals surface area (Å²) in [5.41, 5.74) is 8.30. The molecule has 0 amide bonds. The number of hydrogen-bond donors (Lipinski definition) is 1. The van der Waals surface area contributed by atoms with Crippen molar-refractivity contribution in [3.05, 3.63) is 30.2 Å². The van der Waals surface area contributed by atoms with Gasteiger partial charge in [0.2, 0.25) is 0 Å². The van der Waals surface area contributed by atoms with Gasteiger partial charge in [-0.05, 0) is 32.0 Å². The molecule has 0 radical (unpaired) electrons. The maximum absolute atomic E-state index is 13.5. The number of aryl methyl sites for hydroxylation is 1. The summed E-state index contributed by atoms with van der Waals surface area (Å²) >= 11 is 0. The normalized spacial score (nSPS) is 11.7. The topological polar surface area (TPSA) is 61.7 Å². The van der Waals surface area contributed by atoms with Gasteiger partial charge in [0, 0.05) is 13.1 Å². The van der Waals surface area contributed by atoms with Gasteiger partial charge in [-0.3, -0.25) is 4.68 Å². The maximum Gasteiger partial charge on any atom is 0.146 e. The monoisotopic (exact) mass is 273 g/mol. The number of halogens is 1. The molecule has 0 atom stereocenters.